The molecule has 2 rings (SSSR count). The van der Waals surface area contributed by atoms with E-state index in [1.165, 1.54) is 0 Å². The molecular formula is C18H23NO5. The van der Waals surface area contributed by atoms with Crippen molar-refractivity contribution < 1.29 is 23.5 Å². The van der Waals surface area contributed by atoms with E-state index >= 15 is 0 Å². The molecule has 0 fully saturated rings. The zero-order chi connectivity index (χ0) is 17.5. The summed E-state index contributed by atoms with van der Waals surface area (Å²) in [5, 5.41) is 3.58. The van der Waals surface area contributed by atoms with Gasteiger partial charge in [0.05, 0.1) is 6.61 Å². The Morgan fingerprint density at radius 1 is 1.29 bits per heavy atom. The minimum Gasteiger partial charge on any atom is -0.450 e. The van der Waals surface area contributed by atoms with Crippen LogP contribution >= 0.6 is 0 Å². The Morgan fingerprint density at radius 2 is 2.04 bits per heavy atom. The van der Waals surface area contributed by atoms with Crippen molar-refractivity contribution in [1.29, 1.82) is 0 Å². The Kier molecular flexibility index (Phi) is 6.37. The maximum absolute atomic E-state index is 12.3. The average Bonchev–Trinajstić information content (AvgIpc) is 2.92. The van der Waals surface area contributed by atoms with Gasteiger partial charge in [0.15, 0.2) is 6.61 Å². The van der Waals surface area contributed by atoms with Gasteiger partial charge in [-0.05, 0) is 19.4 Å². The highest BCUT2D eigenvalue weighted by Crippen LogP contribution is 2.27. The molecule has 1 aromatic heterocycles. The zero-order valence-corrected chi connectivity index (χ0v) is 14.3. The smallest absolute Gasteiger partial charge is 0.375 e. The van der Waals surface area contributed by atoms with Crippen molar-refractivity contribution in [2.75, 3.05) is 13.7 Å². The van der Waals surface area contributed by atoms with Crippen LogP contribution in [0.4, 0.5) is 0 Å². The number of furan rings is 1. The highest BCUT2D eigenvalue weighted by Gasteiger charge is 2.22. The molecule has 0 spiro atoms. The molecule has 0 saturated heterocycles. The molecule has 130 valence electrons. The molecule has 24 heavy (non-hydrogen) atoms. The first-order chi connectivity index (χ1) is 11.6. The number of hydrogen-bond acceptors (Lipinski definition) is 5. The van der Waals surface area contributed by atoms with E-state index in [1.54, 1.807) is 13.2 Å². The number of methoxy groups -OCH3 is 1. The highest BCUT2D eigenvalue weighted by molar-refractivity contribution is 5.96. The normalized spacial score (nSPS) is 12.1. The molecule has 0 saturated carbocycles. The van der Waals surface area contributed by atoms with E-state index in [0.717, 1.165) is 18.2 Å². The second-order valence-electron chi connectivity index (χ2n) is 5.67. The molecule has 0 radical (unpaired) electrons. The van der Waals surface area contributed by atoms with Crippen molar-refractivity contribution in [1.82, 2.24) is 5.32 Å². The van der Waals surface area contributed by atoms with E-state index in [9.17, 15) is 9.59 Å². The SMILES string of the molecule is CCCC(C)NC(=O)COC(=O)c1oc2ccccc2c1COC. The first-order valence-corrected chi connectivity index (χ1v) is 8.02. The second kappa shape index (κ2) is 8.49. The van der Waals surface area contributed by atoms with Gasteiger partial charge in [-0.2, -0.15) is 0 Å². The van der Waals surface area contributed by atoms with Crippen LogP contribution in [-0.4, -0.2) is 31.6 Å². The number of esters is 1. The van der Waals surface area contributed by atoms with Crippen LogP contribution in [-0.2, 0) is 20.9 Å². The van der Waals surface area contributed by atoms with E-state index in [1.807, 2.05) is 32.0 Å². The number of carbonyl (C=O) groups excluding carboxylic acids is 2. The fourth-order valence-corrected chi connectivity index (χ4v) is 2.57. The molecule has 0 bridgehead atoms. The summed E-state index contributed by atoms with van der Waals surface area (Å²) < 4.78 is 15.8. The number of hydrogen-bond donors (Lipinski definition) is 1. The monoisotopic (exact) mass is 333 g/mol. The molecule has 6 heteroatoms. The maximum atomic E-state index is 12.3. The molecule has 0 aliphatic carbocycles. The van der Waals surface area contributed by atoms with E-state index < -0.39 is 5.97 Å². The summed E-state index contributed by atoms with van der Waals surface area (Å²) >= 11 is 0. The topological polar surface area (TPSA) is 77.8 Å². The van der Waals surface area contributed by atoms with Crippen LogP contribution < -0.4 is 5.32 Å². The fourth-order valence-electron chi connectivity index (χ4n) is 2.57. The van der Waals surface area contributed by atoms with E-state index in [-0.39, 0.29) is 30.9 Å². The summed E-state index contributed by atoms with van der Waals surface area (Å²) in [6.07, 6.45) is 1.85. The quantitative estimate of drug-likeness (QED) is 0.751. The summed E-state index contributed by atoms with van der Waals surface area (Å²) in [7, 11) is 1.54. The van der Waals surface area contributed by atoms with Crippen LogP contribution in [0.15, 0.2) is 28.7 Å². The van der Waals surface area contributed by atoms with Crippen LogP contribution in [0.25, 0.3) is 11.0 Å². The number of amides is 1. The molecule has 0 aliphatic heterocycles. The van der Waals surface area contributed by atoms with Crippen molar-refractivity contribution >= 4 is 22.8 Å². The molecule has 1 amide bonds. The molecule has 0 aliphatic rings. The molecular weight excluding hydrogens is 310 g/mol. The lowest BCUT2D eigenvalue weighted by atomic mass is 10.1. The van der Waals surface area contributed by atoms with E-state index in [0.29, 0.717) is 11.1 Å². The van der Waals surface area contributed by atoms with Gasteiger partial charge >= 0.3 is 5.97 Å². The third kappa shape index (κ3) is 4.35. The van der Waals surface area contributed by atoms with Crippen LogP contribution in [0.5, 0.6) is 0 Å². The summed E-state index contributed by atoms with van der Waals surface area (Å²) in [6, 6.07) is 7.35. The van der Waals surface area contributed by atoms with Crippen molar-refractivity contribution in [3.8, 4) is 0 Å². The first kappa shape index (κ1) is 18.0. The van der Waals surface area contributed by atoms with Crippen LogP contribution in [0.1, 0.15) is 42.8 Å². The number of rotatable bonds is 8. The fraction of sp³-hybridized carbons (Fsp3) is 0.444. The summed E-state index contributed by atoms with van der Waals surface area (Å²) in [5.74, 6) is -0.919. The Balaban J connectivity index is 2.05. The number of nitrogens with one attached hydrogen (secondary N) is 1. The maximum Gasteiger partial charge on any atom is 0.375 e. The lowest BCUT2D eigenvalue weighted by molar-refractivity contribution is -0.124. The Bertz CT molecular complexity index is 706. The summed E-state index contributed by atoms with van der Waals surface area (Å²) in [6.45, 7) is 3.85. The van der Waals surface area contributed by atoms with Crippen molar-refractivity contribution in [3.05, 3.63) is 35.6 Å². The second-order valence-corrected chi connectivity index (χ2v) is 5.67. The van der Waals surface area contributed by atoms with Gasteiger partial charge in [0.1, 0.15) is 5.58 Å². The number of para-hydroxylation sites is 1. The number of carbonyl (C=O) groups is 2. The number of ether oxygens (including phenoxy) is 2. The lowest BCUT2D eigenvalue weighted by Crippen LogP contribution is -2.35. The molecule has 1 aromatic carbocycles. The predicted octanol–water partition coefficient (Wildman–Crippen LogP) is 3.04. The first-order valence-electron chi connectivity index (χ1n) is 8.02. The van der Waals surface area contributed by atoms with Gasteiger partial charge in [-0.15, -0.1) is 0 Å². The van der Waals surface area contributed by atoms with Gasteiger partial charge < -0.3 is 19.2 Å². The molecule has 1 unspecified atom stereocenters. The molecule has 1 heterocycles. The number of fused-ring (bicyclic) bond motifs is 1. The number of benzene rings is 1. The largest absolute Gasteiger partial charge is 0.450 e. The van der Waals surface area contributed by atoms with Crippen molar-refractivity contribution in [3.63, 3.8) is 0 Å². The van der Waals surface area contributed by atoms with Crippen molar-refractivity contribution in [2.45, 2.75) is 39.3 Å². The van der Waals surface area contributed by atoms with E-state index in [4.69, 9.17) is 13.9 Å². The summed E-state index contributed by atoms with van der Waals surface area (Å²) in [4.78, 5) is 24.1. The summed E-state index contributed by atoms with van der Waals surface area (Å²) in [5.41, 5.74) is 1.20. The van der Waals surface area contributed by atoms with Crippen LogP contribution in [0.2, 0.25) is 0 Å². The third-order valence-corrected chi connectivity index (χ3v) is 3.64. The predicted molar refractivity (Wildman–Crippen MR) is 89.7 cm³/mol. The van der Waals surface area contributed by atoms with Gasteiger partial charge in [-0.1, -0.05) is 31.5 Å². The Labute approximate surface area is 141 Å². The van der Waals surface area contributed by atoms with E-state index in [2.05, 4.69) is 5.32 Å². The van der Waals surface area contributed by atoms with Gasteiger partial charge in [0, 0.05) is 24.1 Å². The van der Waals surface area contributed by atoms with Crippen LogP contribution in [0, 0.1) is 0 Å². The molecule has 2 aromatic rings. The van der Waals surface area contributed by atoms with Gasteiger partial charge in [-0.25, -0.2) is 4.79 Å². The minimum atomic E-state index is -0.670. The molecule has 1 atom stereocenters. The minimum absolute atomic E-state index is 0.0523. The van der Waals surface area contributed by atoms with Gasteiger partial charge in [0.25, 0.3) is 5.91 Å². The lowest BCUT2D eigenvalue weighted by Gasteiger charge is -2.12. The zero-order valence-electron chi connectivity index (χ0n) is 14.3. The van der Waals surface area contributed by atoms with Gasteiger partial charge in [0.2, 0.25) is 5.76 Å². The third-order valence-electron chi connectivity index (χ3n) is 3.64. The molecule has 6 nitrogen and oxygen atoms in total. The standard InChI is InChI=1S/C18H23NO5/c1-4-7-12(2)19-16(20)11-23-18(21)17-14(10-22-3)13-8-5-6-9-15(13)24-17/h5-6,8-9,12H,4,7,10-11H2,1-3H3,(H,19,20). The Morgan fingerprint density at radius 3 is 2.75 bits per heavy atom. The molecule has 1 N–H and O–H groups in total. The van der Waals surface area contributed by atoms with Crippen molar-refractivity contribution in [2.24, 2.45) is 0 Å². The van der Waals surface area contributed by atoms with Crippen LogP contribution in [0.3, 0.4) is 0 Å². The Hall–Kier alpha value is -2.34. The van der Waals surface area contributed by atoms with Gasteiger partial charge in [-0.3, -0.25) is 4.79 Å². The average molecular weight is 333 g/mol. The highest BCUT2D eigenvalue weighted by atomic mass is 16.5.